The number of rotatable bonds is 6. The van der Waals surface area contributed by atoms with Gasteiger partial charge in [-0.1, -0.05) is 86.3 Å². The Morgan fingerprint density at radius 3 is 1.14 bits per heavy atom. The first kappa shape index (κ1) is 38.8. The first-order valence-electron chi connectivity index (χ1n) is 12.3. The normalized spacial score (nSPS) is 12.9. The molecule has 0 aromatic heterocycles. The first-order valence-corrected chi connectivity index (χ1v) is 12.3. The van der Waals surface area contributed by atoms with Crippen LogP contribution in [0.4, 0.5) is 11.4 Å². The molecule has 0 N–H and O–H groups in total. The Bertz CT molecular complexity index is 625. The number of hydrogen-bond acceptors (Lipinski definition) is 2. The maximum atomic E-state index is 4.94. The van der Waals surface area contributed by atoms with Gasteiger partial charge >= 0.3 is 21.7 Å². The van der Waals surface area contributed by atoms with E-state index in [4.69, 9.17) is 9.47 Å². The smallest absolute Gasteiger partial charge is 1.00 e. The fourth-order valence-electron chi connectivity index (χ4n) is 2.97. The second-order valence-electron chi connectivity index (χ2n) is 7.98. The molecule has 2 saturated heterocycles. The van der Waals surface area contributed by atoms with Gasteiger partial charge in [0.25, 0.3) is 0 Å². The molecule has 35 heavy (non-hydrogen) atoms. The number of halogens is 2. The fraction of sp³-hybridized carbons (Fsp3) is 0.571. The third kappa shape index (κ3) is 21.1. The summed E-state index contributed by atoms with van der Waals surface area (Å²) in [5.41, 5.74) is 4.80. The largest absolute Gasteiger partial charge is 4.00 e. The quantitative estimate of drug-likeness (QED) is 0.511. The van der Waals surface area contributed by atoms with Gasteiger partial charge in [0, 0.05) is 26.4 Å². The van der Waals surface area contributed by atoms with Gasteiger partial charge in [0.15, 0.2) is 0 Å². The maximum absolute atomic E-state index is 4.94. The monoisotopic (exact) mass is 558 g/mol. The molecule has 0 unspecified atom stereocenters. The average Bonchev–Trinajstić information content (AvgIpc) is 3.58. The zero-order valence-corrected chi connectivity index (χ0v) is 25.1. The number of ether oxygens (including phenoxy) is 2. The van der Waals surface area contributed by atoms with Gasteiger partial charge in [-0.2, -0.15) is 0 Å². The third-order valence-corrected chi connectivity index (χ3v) is 4.90. The molecule has 0 radical (unpaired) electrons. The molecule has 4 rings (SSSR count). The molecule has 2 aromatic rings. The van der Waals surface area contributed by atoms with Crippen LogP contribution in [0.5, 0.6) is 0 Å². The Balaban J connectivity index is -0.000000400. The summed E-state index contributed by atoms with van der Waals surface area (Å²) in [5.74, 6) is 0. The second-order valence-corrected chi connectivity index (χ2v) is 7.98. The first-order chi connectivity index (χ1) is 15.7. The van der Waals surface area contributed by atoms with Crippen LogP contribution in [0.3, 0.4) is 0 Å². The van der Waals surface area contributed by atoms with E-state index < -0.39 is 0 Å². The Labute approximate surface area is 242 Å². The molecular weight excluding hydrogens is 515 g/mol. The Morgan fingerprint density at radius 1 is 0.600 bits per heavy atom. The summed E-state index contributed by atoms with van der Waals surface area (Å²) in [5, 5.41) is 8.85. The van der Waals surface area contributed by atoms with E-state index in [1.165, 1.54) is 36.8 Å². The van der Waals surface area contributed by atoms with Crippen molar-refractivity contribution in [1.82, 2.24) is 0 Å². The van der Waals surface area contributed by atoms with E-state index in [9.17, 15) is 0 Å². The molecule has 2 heterocycles. The predicted octanol–water partition coefficient (Wildman–Crippen LogP) is 2.42. The van der Waals surface area contributed by atoms with Crippen LogP contribution in [0.25, 0.3) is 10.6 Å². The number of hydrogen-bond donors (Lipinski definition) is 0. The van der Waals surface area contributed by atoms with Gasteiger partial charge in [-0.25, -0.2) is 0 Å². The predicted molar refractivity (Wildman–Crippen MR) is 139 cm³/mol. The Morgan fingerprint density at radius 2 is 0.914 bits per heavy atom. The van der Waals surface area contributed by atoms with E-state index in [1.807, 2.05) is 24.3 Å². The van der Waals surface area contributed by atoms with Crippen LogP contribution < -0.4 is 24.8 Å². The number of para-hydroxylation sites is 2. The number of benzene rings is 2. The van der Waals surface area contributed by atoms with Crippen LogP contribution in [0.1, 0.15) is 63.5 Å². The summed E-state index contributed by atoms with van der Waals surface area (Å²) >= 11 is 0. The van der Waals surface area contributed by atoms with Crippen LogP contribution in [0.2, 0.25) is 0 Å². The molecular formula is C28H44Cl2N2O2Ti. The molecule has 2 aliphatic heterocycles. The molecule has 0 atom stereocenters. The van der Waals surface area contributed by atoms with Crippen LogP contribution in [0.15, 0.2) is 48.5 Å². The third-order valence-electron chi connectivity index (χ3n) is 4.90. The number of nitrogens with zero attached hydrogens (tertiary/aromatic N) is 2. The molecule has 2 aromatic carbocycles. The zero-order chi connectivity index (χ0) is 23.3. The van der Waals surface area contributed by atoms with Gasteiger partial charge in [0.2, 0.25) is 0 Å². The maximum Gasteiger partial charge on any atom is 4.00 e. The summed E-state index contributed by atoms with van der Waals surface area (Å²) < 4.78 is 9.89. The summed E-state index contributed by atoms with van der Waals surface area (Å²) in [6.45, 7) is 14.3. The van der Waals surface area contributed by atoms with Crippen molar-refractivity contribution in [3.05, 3.63) is 70.3 Å². The minimum Gasteiger partial charge on any atom is -1.00 e. The van der Waals surface area contributed by atoms with Gasteiger partial charge < -0.3 is 44.9 Å². The summed E-state index contributed by atoms with van der Waals surface area (Å²) in [7, 11) is 0. The van der Waals surface area contributed by atoms with Crippen molar-refractivity contribution in [2.24, 2.45) is 0 Å². The van der Waals surface area contributed by atoms with Gasteiger partial charge in [-0.15, -0.1) is 24.5 Å². The van der Waals surface area contributed by atoms with Crippen LogP contribution in [-0.4, -0.2) is 39.5 Å². The molecule has 4 nitrogen and oxygen atoms in total. The summed E-state index contributed by atoms with van der Waals surface area (Å²) in [6, 6.07) is 16.4. The molecule has 196 valence electrons. The minimum atomic E-state index is 0. The van der Waals surface area contributed by atoms with Crippen molar-refractivity contribution in [3.8, 4) is 0 Å². The van der Waals surface area contributed by atoms with Crippen molar-refractivity contribution >= 4 is 11.4 Å². The second kappa shape index (κ2) is 27.8. The number of aryl methyl sites for hydroxylation is 2. The Kier molecular flexibility index (Phi) is 30.8. The van der Waals surface area contributed by atoms with Gasteiger partial charge in [0.1, 0.15) is 0 Å². The molecule has 7 heteroatoms. The van der Waals surface area contributed by atoms with E-state index in [0.29, 0.717) is 0 Å². The van der Waals surface area contributed by atoms with Crippen molar-refractivity contribution in [3.63, 3.8) is 0 Å². The summed E-state index contributed by atoms with van der Waals surface area (Å²) in [4.78, 5) is 0. The van der Waals surface area contributed by atoms with Crippen molar-refractivity contribution in [2.75, 3.05) is 39.5 Å². The molecule has 2 aliphatic rings. The SMILES string of the molecule is C1CCOC1.C1CCOC1.CCC[N-]c1ccccc1C.CCC[N-]c1ccccc1C.[Cl-].[Cl-].[Ti+4]. The fourth-order valence-corrected chi connectivity index (χ4v) is 2.97. The topological polar surface area (TPSA) is 46.7 Å². The van der Waals surface area contributed by atoms with Crippen molar-refractivity contribution in [1.29, 1.82) is 0 Å². The van der Waals surface area contributed by atoms with Crippen LogP contribution in [0, 0.1) is 13.8 Å². The molecule has 0 aliphatic carbocycles. The van der Waals surface area contributed by atoms with E-state index in [1.54, 1.807) is 0 Å². The van der Waals surface area contributed by atoms with Crippen LogP contribution in [-0.2, 0) is 31.2 Å². The van der Waals surface area contributed by atoms with Crippen LogP contribution >= 0.6 is 0 Å². The van der Waals surface area contributed by atoms with E-state index >= 15 is 0 Å². The zero-order valence-electron chi connectivity index (χ0n) is 22.1. The molecule has 0 saturated carbocycles. The molecule has 0 spiro atoms. The minimum absolute atomic E-state index is 0. The van der Waals surface area contributed by atoms with Crippen molar-refractivity contribution < 1.29 is 56.0 Å². The molecule has 0 bridgehead atoms. The van der Waals surface area contributed by atoms with E-state index in [2.05, 4.69) is 62.6 Å². The van der Waals surface area contributed by atoms with E-state index in [-0.39, 0.29) is 46.5 Å². The Hall–Kier alpha value is -0.746. The molecule has 2 fully saturated rings. The molecule has 0 amide bonds. The van der Waals surface area contributed by atoms with Gasteiger partial charge in [-0.3, -0.25) is 0 Å². The average molecular weight is 559 g/mol. The van der Waals surface area contributed by atoms with Gasteiger partial charge in [-0.05, 0) is 39.5 Å². The van der Waals surface area contributed by atoms with Gasteiger partial charge in [0.05, 0.1) is 0 Å². The summed E-state index contributed by atoms with van der Waals surface area (Å²) in [6.07, 6.45) is 7.35. The van der Waals surface area contributed by atoms with E-state index in [0.717, 1.165) is 63.7 Å². The van der Waals surface area contributed by atoms with Crippen molar-refractivity contribution in [2.45, 2.75) is 66.2 Å². The standard InChI is InChI=1S/2C10H14N.2C4H8O.2ClH.Ti/c2*1-3-8-11-10-7-5-4-6-9(10)2;2*1-2-4-5-3-1;;;/h2*4-7H,3,8H2,1-2H3;2*1-4H2;2*1H;/q2*-1;;;;;+4/p-2.